The summed E-state index contributed by atoms with van der Waals surface area (Å²) in [5.41, 5.74) is 2.06. The minimum Gasteiger partial charge on any atom is -0.497 e. The lowest BCUT2D eigenvalue weighted by Crippen LogP contribution is -2.44. The van der Waals surface area contributed by atoms with E-state index < -0.39 is 12.0 Å². The molecule has 206 valence electrons. The third-order valence-electron chi connectivity index (χ3n) is 6.85. The predicted molar refractivity (Wildman–Crippen MR) is 145 cm³/mol. The average Bonchev–Trinajstić information content (AvgIpc) is 2.97. The Hall–Kier alpha value is -4.60. The zero-order chi connectivity index (χ0) is 28.3. The van der Waals surface area contributed by atoms with Gasteiger partial charge in [0.2, 0.25) is 11.7 Å². The van der Waals surface area contributed by atoms with Crippen LogP contribution in [0, 0.1) is 0 Å². The van der Waals surface area contributed by atoms with Crippen molar-refractivity contribution in [3.63, 3.8) is 0 Å². The number of carbonyl (C=O) groups is 2. The fourth-order valence-electron chi connectivity index (χ4n) is 4.92. The van der Waals surface area contributed by atoms with E-state index in [2.05, 4.69) is 5.32 Å². The largest absolute Gasteiger partial charge is 0.497 e. The summed E-state index contributed by atoms with van der Waals surface area (Å²) in [7, 11) is 10.8. The number of ether oxygens (including phenoxy) is 6. The van der Waals surface area contributed by atoms with Crippen LogP contribution in [0.25, 0.3) is 0 Å². The third kappa shape index (κ3) is 4.97. The Labute approximate surface area is 227 Å². The van der Waals surface area contributed by atoms with Gasteiger partial charge in [0.05, 0.1) is 54.6 Å². The van der Waals surface area contributed by atoms with E-state index in [1.54, 1.807) is 55.5 Å². The number of carbonyl (C=O) groups excluding carboxylic acids is 2. The summed E-state index contributed by atoms with van der Waals surface area (Å²) in [4.78, 5) is 29.3. The molecular weight excluding hydrogens is 504 g/mol. The molecule has 10 heteroatoms. The normalized spacial score (nSPS) is 16.2. The Morgan fingerprint density at radius 2 is 1.31 bits per heavy atom. The van der Waals surface area contributed by atoms with E-state index in [4.69, 9.17) is 28.4 Å². The number of nitrogens with zero attached hydrogens (tertiary/aromatic N) is 1. The molecule has 3 aromatic rings. The van der Waals surface area contributed by atoms with Crippen LogP contribution in [-0.4, -0.2) is 66.4 Å². The second kappa shape index (κ2) is 11.4. The number of likely N-dealkylation sites (N-methyl/N-ethyl adjacent to an activating group) is 1. The molecule has 0 saturated heterocycles. The molecule has 0 aliphatic carbocycles. The molecule has 0 spiro atoms. The van der Waals surface area contributed by atoms with Gasteiger partial charge < -0.3 is 38.6 Å². The lowest BCUT2D eigenvalue weighted by Gasteiger charge is -2.40. The van der Waals surface area contributed by atoms with Crippen molar-refractivity contribution in [1.82, 2.24) is 4.90 Å². The lowest BCUT2D eigenvalue weighted by atomic mass is 9.79. The Bertz CT molecular complexity index is 1350. The monoisotopic (exact) mass is 536 g/mol. The van der Waals surface area contributed by atoms with Gasteiger partial charge in [0, 0.05) is 30.4 Å². The summed E-state index contributed by atoms with van der Waals surface area (Å²) in [5.74, 6) is 1.24. The lowest BCUT2D eigenvalue weighted by molar-refractivity contribution is -0.119. The maximum Gasteiger partial charge on any atom is 0.254 e. The van der Waals surface area contributed by atoms with Crippen molar-refractivity contribution in [2.24, 2.45) is 0 Å². The molecule has 3 aromatic carbocycles. The maximum absolute atomic E-state index is 14.1. The highest BCUT2D eigenvalue weighted by atomic mass is 16.5. The van der Waals surface area contributed by atoms with E-state index in [1.165, 1.54) is 35.5 Å². The molecular formula is C29H32N2O8. The van der Waals surface area contributed by atoms with Crippen LogP contribution in [-0.2, 0) is 4.79 Å². The average molecular weight is 537 g/mol. The van der Waals surface area contributed by atoms with E-state index in [0.717, 1.165) is 5.56 Å². The summed E-state index contributed by atoms with van der Waals surface area (Å²) in [6.45, 7) is 0. The van der Waals surface area contributed by atoms with E-state index in [0.29, 0.717) is 51.3 Å². The van der Waals surface area contributed by atoms with E-state index >= 15 is 0 Å². The molecule has 0 saturated carbocycles. The Balaban J connectivity index is 1.87. The van der Waals surface area contributed by atoms with Gasteiger partial charge in [0.25, 0.3) is 5.91 Å². The van der Waals surface area contributed by atoms with Crippen molar-refractivity contribution in [2.75, 3.05) is 55.0 Å². The van der Waals surface area contributed by atoms with Gasteiger partial charge in [-0.1, -0.05) is 12.1 Å². The van der Waals surface area contributed by atoms with Crippen molar-refractivity contribution in [2.45, 2.75) is 12.0 Å². The highest BCUT2D eigenvalue weighted by Crippen LogP contribution is 2.47. The number of hydrogen-bond donors (Lipinski definition) is 1. The first-order valence-electron chi connectivity index (χ1n) is 12.1. The number of amides is 2. The van der Waals surface area contributed by atoms with Gasteiger partial charge in [0.15, 0.2) is 23.0 Å². The van der Waals surface area contributed by atoms with Crippen LogP contribution in [0.1, 0.15) is 33.4 Å². The Morgan fingerprint density at radius 3 is 1.82 bits per heavy atom. The van der Waals surface area contributed by atoms with Crippen LogP contribution in [0.3, 0.4) is 0 Å². The molecule has 1 aliphatic rings. The highest BCUT2D eigenvalue weighted by Gasteiger charge is 2.43. The van der Waals surface area contributed by atoms with E-state index in [9.17, 15) is 9.59 Å². The molecule has 0 aromatic heterocycles. The predicted octanol–water partition coefficient (Wildman–Crippen LogP) is 4.29. The Kier molecular flexibility index (Phi) is 8.04. The van der Waals surface area contributed by atoms with Crippen LogP contribution < -0.4 is 33.7 Å². The standard InChI is InChI=1S/C29H32N2O8/c1-31-26(16-8-10-18(34-2)11-9-16)25(19-14-21(35-3)22(36-4)15-20(19)29(31)33)28(32)30-17-12-23(37-5)27(39-7)24(13-17)38-6/h8-15,25-26H,1-7H3,(H,30,32)/t25-,26+/m1/s1. The SMILES string of the molecule is COc1ccc([C@H]2[C@H](C(=O)Nc3cc(OC)c(OC)c(OC)c3)c3cc(OC)c(OC)cc3C(=O)N2C)cc1. The molecule has 2 atom stereocenters. The fraction of sp³-hybridized carbons (Fsp3) is 0.310. The number of methoxy groups -OCH3 is 6. The number of fused-ring (bicyclic) bond motifs is 1. The van der Waals surface area contributed by atoms with Crippen molar-refractivity contribution in [3.8, 4) is 34.5 Å². The summed E-state index contributed by atoms with van der Waals surface area (Å²) in [5, 5.41) is 2.99. The molecule has 1 aliphatic heterocycles. The molecule has 0 radical (unpaired) electrons. The first-order chi connectivity index (χ1) is 18.8. The Morgan fingerprint density at radius 1 is 0.744 bits per heavy atom. The molecule has 0 fully saturated rings. The van der Waals surface area contributed by atoms with Gasteiger partial charge in [-0.05, 0) is 35.4 Å². The van der Waals surface area contributed by atoms with Gasteiger partial charge in [0.1, 0.15) is 5.75 Å². The maximum atomic E-state index is 14.1. The highest BCUT2D eigenvalue weighted by molar-refractivity contribution is 6.05. The van der Waals surface area contributed by atoms with Crippen LogP contribution >= 0.6 is 0 Å². The minimum atomic E-state index is -0.810. The zero-order valence-corrected chi connectivity index (χ0v) is 23.0. The summed E-state index contributed by atoms with van der Waals surface area (Å²) in [6.07, 6.45) is 0. The van der Waals surface area contributed by atoms with Gasteiger partial charge in [-0.25, -0.2) is 0 Å². The first-order valence-corrected chi connectivity index (χ1v) is 12.1. The summed E-state index contributed by atoms with van der Waals surface area (Å²) in [6, 6.07) is 13.3. The third-order valence-corrected chi connectivity index (χ3v) is 6.85. The van der Waals surface area contributed by atoms with Crippen molar-refractivity contribution in [1.29, 1.82) is 0 Å². The second-order valence-electron chi connectivity index (χ2n) is 8.81. The first kappa shape index (κ1) is 27.4. The second-order valence-corrected chi connectivity index (χ2v) is 8.81. The van der Waals surface area contributed by atoms with Gasteiger partial charge in [-0.15, -0.1) is 0 Å². The minimum absolute atomic E-state index is 0.247. The summed E-state index contributed by atoms with van der Waals surface area (Å²) >= 11 is 0. The topological polar surface area (TPSA) is 105 Å². The van der Waals surface area contributed by atoms with E-state index in [-0.39, 0.29) is 11.8 Å². The van der Waals surface area contributed by atoms with Crippen molar-refractivity contribution in [3.05, 3.63) is 65.2 Å². The number of anilines is 1. The number of nitrogens with one attached hydrogen (secondary N) is 1. The van der Waals surface area contributed by atoms with E-state index in [1.807, 2.05) is 12.1 Å². The molecule has 1 heterocycles. The summed E-state index contributed by atoms with van der Waals surface area (Å²) < 4.78 is 32.6. The van der Waals surface area contributed by atoms with Crippen LogP contribution in [0.5, 0.6) is 34.5 Å². The molecule has 0 unspecified atom stereocenters. The van der Waals surface area contributed by atoms with Crippen molar-refractivity contribution >= 4 is 17.5 Å². The molecule has 10 nitrogen and oxygen atoms in total. The molecule has 2 amide bonds. The number of hydrogen-bond acceptors (Lipinski definition) is 8. The van der Waals surface area contributed by atoms with Crippen LogP contribution in [0.2, 0.25) is 0 Å². The van der Waals surface area contributed by atoms with Crippen molar-refractivity contribution < 1.29 is 38.0 Å². The van der Waals surface area contributed by atoms with Gasteiger partial charge in [-0.2, -0.15) is 0 Å². The van der Waals surface area contributed by atoms with Gasteiger partial charge >= 0.3 is 0 Å². The smallest absolute Gasteiger partial charge is 0.254 e. The molecule has 4 rings (SSSR count). The van der Waals surface area contributed by atoms with Gasteiger partial charge in [-0.3, -0.25) is 9.59 Å². The zero-order valence-electron chi connectivity index (χ0n) is 23.0. The molecule has 1 N–H and O–H groups in total. The number of benzene rings is 3. The number of rotatable bonds is 9. The van der Waals surface area contributed by atoms with Crippen LogP contribution in [0.15, 0.2) is 48.5 Å². The van der Waals surface area contributed by atoms with Crippen LogP contribution in [0.4, 0.5) is 5.69 Å². The quantitative estimate of drug-likeness (QED) is 0.432. The molecule has 0 bridgehead atoms. The fourth-order valence-corrected chi connectivity index (χ4v) is 4.92. The molecule has 39 heavy (non-hydrogen) atoms.